The van der Waals surface area contributed by atoms with Crippen LogP contribution in [0.1, 0.15) is 19.3 Å². The van der Waals surface area contributed by atoms with Crippen molar-refractivity contribution in [2.24, 2.45) is 11.8 Å². The highest BCUT2D eigenvalue weighted by Gasteiger charge is 2.31. The van der Waals surface area contributed by atoms with E-state index in [-0.39, 0.29) is 0 Å². The van der Waals surface area contributed by atoms with Crippen molar-refractivity contribution in [3.05, 3.63) is 79.3 Å². The highest BCUT2D eigenvalue weighted by Crippen LogP contribution is 2.48. The van der Waals surface area contributed by atoms with Crippen LogP contribution in [0.2, 0.25) is 0 Å². The molecule has 2 atom stereocenters. The summed E-state index contributed by atoms with van der Waals surface area (Å²) in [6, 6.07) is 21.3. The largest absolute Gasteiger partial charge is 0.451 e. The number of anilines is 2. The van der Waals surface area contributed by atoms with Gasteiger partial charge in [0.15, 0.2) is 17.3 Å². The van der Waals surface area contributed by atoms with Crippen LogP contribution >= 0.6 is 0 Å². The van der Waals surface area contributed by atoms with E-state index in [1.807, 2.05) is 18.6 Å². The molecule has 2 unspecified atom stereocenters. The number of likely N-dealkylation sites (tertiary alicyclic amines) is 1. The summed E-state index contributed by atoms with van der Waals surface area (Å²) in [4.78, 5) is 10.0. The lowest BCUT2D eigenvalue weighted by Crippen LogP contribution is -2.46. The number of nitrogens with zero attached hydrogens (tertiary/aromatic N) is 5. The number of unbranched alkanes of at least 4 members (excludes halogenated alkanes) is 1. The van der Waals surface area contributed by atoms with Crippen molar-refractivity contribution in [1.82, 2.24) is 30.3 Å². The number of fused-ring (bicyclic) bond motifs is 6. The van der Waals surface area contributed by atoms with Crippen molar-refractivity contribution in [2.75, 3.05) is 44.3 Å². The highest BCUT2D eigenvalue weighted by atomic mass is 16.5. The van der Waals surface area contributed by atoms with Gasteiger partial charge in [0.05, 0.1) is 42.3 Å². The average Bonchev–Trinajstić information content (AvgIpc) is 3.74. The Morgan fingerprint density at radius 2 is 1.33 bits per heavy atom. The number of benzene rings is 3. The molecule has 0 amide bonds. The summed E-state index contributed by atoms with van der Waals surface area (Å²) in [5.74, 6) is 3.89. The molecule has 2 saturated heterocycles. The number of aromatic amines is 2. The Morgan fingerprint density at radius 3 is 2.09 bits per heavy atom. The molecule has 2 bridgehead atoms. The van der Waals surface area contributed by atoms with Gasteiger partial charge in [-0.15, -0.1) is 0 Å². The molecule has 3 aliphatic rings. The topological polar surface area (TPSA) is 95.2 Å². The number of piperidine rings is 1. The highest BCUT2D eigenvalue weighted by molar-refractivity contribution is 5.87. The lowest BCUT2D eigenvalue weighted by atomic mass is 9.88. The first-order valence-electron chi connectivity index (χ1n) is 16.0. The molecule has 9 nitrogen and oxygen atoms in total. The number of nitrogens with one attached hydrogen (secondary N) is 2. The Hall–Kier alpha value is -4.73. The minimum Gasteiger partial charge on any atom is -0.451 e. The molecule has 0 saturated carbocycles. The van der Waals surface area contributed by atoms with Gasteiger partial charge in [0.2, 0.25) is 0 Å². The molecule has 3 aromatic carbocycles. The maximum absolute atomic E-state index is 6.66. The Kier molecular flexibility index (Phi) is 6.52. The molecule has 3 aromatic heterocycles. The van der Waals surface area contributed by atoms with Crippen LogP contribution in [0.3, 0.4) is 0 Å². The fourth-order valence-corrected chi connectivity index (χ4v) is 7.43. The summed E-state index contributed by atoms with van der Waals surface area (Å²) in [5, 5.41) is 16.6. The van der Waals surface area contributed by atoms with Gasteiger partial charge in [0.25, 0.3) is 0 Å². The average molecular weight is 598 g/mol. The van der Waals surface area contributed by atoms with E-state index in [4.69, 9.17) is 14.5 Å². The molecule has 6 aromatic rings. The first kappa shape index (κ1) is 26.7. The molecule has 226 valence electrons. The van der Waals surface area contributed by atoms with Crippen molar-refractivity contribution in [3.8, 4) is 33.8 Å². The lowest BCUT2D eigenvalue weighted by molar-refractivity contribution is -0.0405. The second-order valence-corrected chi connectivity index (χ2v) is 12.8. The van der Waals surface area contributed by atoms with Crippen LogP contribution in [0.25, 0.3) is 44.1 Å². The van der Waals surface area contributed by atoms with E-state index in [0.29, 0.717) is 11.8 Å². The second kappa shape index (κ2) is 11.0. The molecule has 0 radical (unpaired) electrons. The van der Waals surface area contributed by atoms with Gasteiger partial charge in [-0.05, 0) is 96.8 Å². The van der Waals surface area contributed by atoms with Crippen molar-refractivity contribution in [3.63, 3.8) is 0 Å². The van der Waals surface area contributed by atoms with E-state index in [2.05, 4.69) is 90.9 Å². The molecule has 9 rings (SSSR count). The van der Waals surface area contributed by atoms with Gasteiger partial charge < -0.3 is 19.3 Å². The Labute approximate surface area is 261 Å². The number of rotatable bonds is 7. The van der Waals surface area contributed by atoms with Crippen LogP contribution in [0, 0.1) is 11.8 Å². The van der Waals surface area contributed by atoms with Gasteiger partial charge in [0.1, 0.15) is 0 Å². The van der Waals surface area contributed by atoms with Gasteiger partial charge in [-0.25, -0.2) is 4.98 Å². The summed E-state index contributed by atoms with van der Waals surface area (Å²) >= 11 is 0. The molecule has 2 fully saturated rings. The monoisotopic (exact) mass is 597 g/mol. The van der Waals surface area contributed by atoms with E-state index in [1.165, 1.54) is 19.5 Å². The van der Waals surface area contributed by atoms with Crippen LogP contribution < -0.4 is 9.64 Å². The first-order valence-corrected chi connectivity index (χ1v) is 16.0. The molecule has 9 heteroatoms. The zero-order valence-electron chi connectivity index (χ0n) is 25.1. The summed E-state index contributed by atoms with van der Waals surface area (Å²) in [6.45, 7) is 6.20. The van der Waals surface area contributed by atoms with Crippen molar-refractivity contribution in [2.45, 2.75) is 19.3 Å². The lowest BCUT2D eigenvalue weighted by Gasteiger charge is -2.41. The summed E-state index contributed by atoms with van der Waals surface area (Å²) in [5.41, 5.74) is 7.43. The molecule has 0 aliphatic carbocycles. The van der Waals surface area contributed by atoms with Crippen molar-refractivity contribution < 1.29 is 9.47 Å². The fourth-order valence-electron chi connectivity index (χ4n) is 7.43. The van der Waals surface area contributed by atoms with E-state index in [9.17, 15) is 0 Å². The van der Waals surface area contributed by atoms with Crippen LogP contribution in [0.4, 0.5) is 11.5 Å². The standard InChI is InChI=1S/C36H35N7O2/c1(9-42-19-23-11-24(20-42)22-44-21-23)2-10-43-33-8-5-27(25-3-6-31-29(12-25)17-38-40-31)14-34(33)45-35-15-28(16-37-36(35)43)26-4-7-32-30(13-26)18-39-41-32/h3-8,12-18,23-24H,1-2,9-11,19-22H2,(H,38,40)(H,39,41). The van der Waals surface area contributed by atoms with Gasteiger partial charge >= 0.3 is 0 Å². The van der Waals surface area contributed by atoms with Crippen molar-refractivity contribution in [1.29, 1.82) is 0 Å². The van der Waals surface area contributed by atoms with Gasteiger partial charge in [0, 0.05) is 42.2 Å². The zero-order chi connectivity index (χ0) is 29.7. The van der Waals surface area contributed by atoms with E-state index >= 15 is 0 Å². The van der Waals surface area contributed by atoms with Crippen molar-refractivity contribution >= 4 is 33.3 Å². The Balaban J connectivity index is 1.01. The Morgan fingerprint density at radius 1 is 0.689 bits per heavy atom. The summed E-state index contributed by atoms with van der Waals surface area (Å²) in [7, 11) is 0. The third-order valence-corrected chi connectivity index (χ3v) is 9.62. The number of hydrogen-bond donors (Lipinski definition) is 2. The third-order valence-electron chi connectivity index (χ3n) is 9.62. The van der Waals surface area contributed by atoms with E-state index in [1.54, 1.807) is 0 Å². The minimum atomic E-state index is 0.700. The zero-order valence-corrected chi connectivity index (χ0v) is 25.1. The maximum atomic E-state index is 6.66. The van der Waals surface area contributed by atoms with Crippen LogP contribution in [-0.2, 0) is 4.74 Å². The van der Waals surface area contributed by atoms with Gasteiger partial charge in [-0.3, -0.25) is 10.2 Å². The summed E-state index contributed by atoms with van der Waals surface area (Å²) in [6.07, 6.45) is 9.23. The van der Waals surface area contributed by atoms with Gasteiger partial charge in [-0.2, -0.15) is 10.2 Å². The molecule has 6 heterocycles. The van der Waals surface area contributed by atoms with Gasteiger partial charge in [-0.1, -0.05) is 18.2 Å². The maximum Gasteiger partial charge on any atom is 0.176 e. The third kappa shape index (κ3) is 5.02. The SMILES string of the molecule is c1cc2c(cc1-c1ccc3[nH]ncc3c1)Oc1cc(-c3ccc4[nH]ncc4c3)cnc1N2CCCCN1CC2COCC(C2)C1. The molecule has 0 spiro atoms. The predicted octanol–water partition coefficient (Wildman–Crippen LogP) is 7.16. The molecule has 3 aliphatic heterocycles. The van der Waals surface area contributed by atoms with E-state index in [0.717, 1.165) is 106 Å². The number of aromatic nitrogens is 5. The number of H-pyrrole nitrogens is 2. The minimum absolute atomic E-state index is 0.700. The second-order valence-electron chi connectivity index (χ2n) is 12.8. The smallest absolute Gasteiger partial charge is 0.176 e. The quantitative estimate of drug-likeness (QED) is 0.189. The Bertz CT molecular complexity index is 1880. The van der Waals surface area contributed by atoms with E-state index < -0.39 is 0 Å². The first-order chi connectivity index (χ1) is 22.2. The predicted molar refractivity (Wildman–Crippen MR) is 176 cm³/mol. The summed E-state index contributed by atoms with van der Waals surface area (Å²) < 4.78 is 12.5. The molecule has 45 heavy (non-hydrogen) atoms. The number of hydrogen-bond acceptors (Lipinski definition) is 7. The molecular formula is C36H35N7O2. The molecular weight excluding hydrogens is 562 g/mol. The van der Waals surface area contributed by atoms with Crippen LogP contribution in [0.5, 0.6) is 11.5 Å². The number of ether oxygens (including phenoxy) is 2. The molecule has 2 N–H and O–H groups in total. The number of pyridine rings is 1. The normalized spacial score (nSPS) is 19.4. The van der Waals surface area contributed by atoms with Crippen LogP contribution in [-0.4, -0.2) is 69.7 Å². The fraction of sp³-hybridized carbons (Fsp3) is 0.306. The van der Waals surface area contributed by atoms with Crippen LogP contribution in [0.15, 0.2) is 79.3 Å².